The molecule has 0 aliphatic carbocycles. The van der Waals surface area contributed by atoms with Crippen molar-refractivity contribution in [3.05, 3.63) is 62.7 Å². The molecule has 0 radical (unpaired) electrons. The molecule has 0 aromatic heterocycles. The third kappa shape index (κ3) is 7.26. The van der Waals surface area contributed by atoms with Crippen molar-refractivity contribution >= 4 is 57.7 Å². The molecule has 2 aromatic carbocycles. The Morgan fingerprint density at radius 3 is 2.33 bits per heavy atom. The van der Waals surface area contributed by atoms with Gasteiger partial charge in [-0.25, -0.2) is 4.79 Å². The normalized spacial score (nSPS) is 9.97. The zero-order chi connectivity index (χ0) is 22.1. The van der Waals surface area contributed by atoms with Crippen LogP contribution in [0.2, 0.25) is 0 Å². The molecule has 30 heavy (non-hydrogen) atoms. The lowest BCUT2D eigenvalue weighted by Crippen LogP contribution is -2.49. The number of carbonyl (C=O) groups is 3. The molecule has 0 heterocycles. The molecule has 0 unspecified atom stereocenters. The molecule has 0 saturated heterocycles. The van der Waals surface area contributed by atoms with Gasteiger partial charge in [-0.1, -0.05) is 6.07 Å². The minimum absolute atomic E-state index is 0.0530. The molecule has 3 N–H and O–H groups in total. The summed E-state index contributed by atoms with van der Waals surface area (Å²) in [5.74, 6) is -0.923. The minimum atomic E-state index is -0.508. The van der Waals surface area contributed by atoms with E-state index >= 15 is 0 Å². The van der Waals surface area contributed by atoms with Gasteiger partial charge in [-0.3, -0.25) is 25.8 Å². The van der Waals surface area contributed by atoms with Gasteiger partial charge in [-0.15, -0.1) is 0 Å². The highest BCUT2D eigenvalue weighted by molar-refractivity contribution is 14.1. The monoisotopic (exact) mass is 541 g/mol. The predicted molar refractivity (Wildman–Crippen MR) is 123 cm³/mol. The molecule has 0 atom stereocenters. The van der Waals surface area contributed by atoms with Gasteiger partial charge in [0.25, 0.3) is 11.8 Å². The maximum atomic E-state index is 12.2. The summed E-state index contributed by atoms with van der Waals surface area (Å²) in [6.07, 6.45) is 0. The van der Waals surface area contributed by atoms with Crippen molar-refractivity contribution in [1.82, 2.24) is 16.2 Å². The van der Waals surface area contributed by atoms with Crippen LogP contribution < -0.4 is 20.9 Å². The number of hydrogen-bond acceptors (Lipinski definition) is 6. The molecule has 10 heteroatoms. The largest absolute Gasteiger partial charge is 0.484 e. The third-order valence-electron chi connectivity index (χ3n) is 3.71. The average Bonchev–Trinajstić information content (AvgIpc) is 2.73. The summed E-state index contributed by atoms with van der Waals surface area (Å²) in [6, 6.07) is 11.5. The molecule has 0 bridgehead atoms. The van der Waals surface area contributed by atoms with E-state index < -0.39 is 17.8 Å². The molecule has 2 aromatic rings. The van der Waals surface area contributed by atoms with Crippen LogP contribution in [0.15, 0.2) is 42.5 Å². The van der Waals surface area contributed by atoms with Crippen LogP contribution in [-0.4, -0.2) is 36.1 Å². The van der Waals surface area contributed by atoms with E-state index in [4.69, 9.17) is 21.7 Å². The van der Waals surface area contributed by atoms with Crippen molar-refractivity contribution in [2.75, 3.05) is 13.2 Å². The van der Waals surface area contributed by atoms with E-state index in [-0.39, 0.29) is 18.3 Å². The molecule has 2 amide bonds. The number of aryl methyl sites for hydroxylation is 1. The van der Waals surface area contributed by atoms with Crippen LogP contribution in [0.25, 0.3) is 0 Å². The lowest BCUT2D eigenvalue weighted by molar-refractivity contribution is -0.123. The van der Waals surface area contributed by atoms with Crippen molar-refractivity contribution in [2.24, 2.45) is 0 Å². The van der Waals surface area contributed by atoms with Gasteiger partial charge in [-0.2, -0.15) is 0 Å². The summed E-state index contributed by atoms with van der Waals surface area (Å²) in [5, 5.41) is 2.42. The third-order valence-corrected chi connectivity index (χ3v) is 5.08. The van der Waals surface area contributed by atoms with Crippen molar-refractivity contribution < 1.29 is 23.9 Å². The number of ether oxygens (including phenoxy) is 2. The molecule has 0 aliphatic heterocycles. The predicted octanol–water partition coefficient (Wildman–Crippen LogP) is 2.49. The maximum absolute atomic E-state index is 12.2. The first kappa shape index (κ1) is 23.5. The smallest absolute Gasteiger partial charge is 0.338 e. The number of hydrazine groups is 1. The van der Waals surface area contributed by atoms with E-state index in [9.17, 15) is 14.4 Å². The summed E-state index contributed by atoms with van der Waals surface area (Å²) < 4.78 is 11.2. The number of amides is 2. The number of nitrogens with one attached hydrogen (secondary N) is 3. The molecule has 158 valence electrons. The number of benzene rings is 2. The number of hydrogen-bond donors (Lipinski definition) is 3. The Bertz CT molecular complexity index is 950. The quantitative estimate of drug-likeness (QED) is 0.224. The van der Waals surface area contributed by atoms with Gasteiger partial charge in [0.05, 0.1) is 12.2 Å². The Morgan fingerprint density at radius 1 is 1.03 bits per heavy atom. The molecular weight excluding hydrogens is 521 g/mol. The SMILES string of the molecule is CCOC(=O)c1ccc(OCC(=O)NNC(=S)NC(=O)c2ccc(C)c(I)c2)cc1. The second-order valence-electron chi connectivity index (χ2n) is 5.95. The number of thiocarbonyl (C=S) groups is 1. The van der Waals surface area contributed by atoms with Gasteiger partial charge in [-0.05, 0) is 90.6 Å². The van der Waals surface area contributed by atoms with E-state index in [0.717, 1.165) is 9.13 Å². The Balaban J connectivity index is 1.74. The van der Waals surface area contributed by atoms with Crippen LogP contribution in [0.3, 0.4) is 0 Å². The van der Waals surface area contributed by atoms with Gasteiger partial charge in [0, 0.05) is 9.13 Å². The van der Waals surface area contributed by atoms with Crippen LogP contribution in [0, 0.1) is 10.5 Å². The fraction of sp³-hybridized carbons (Fsp3) is 0.200. The summed E-state index contributed by atoms with van der Waals surface area (Å²) in [7, 11) is 0. The summed E-state index contributed by atoms with van der Waals surface area (Å²) >= 11 is 7.14. The summed E-state index contributed by atoms with van der Waals surface area (Å²) in [6.45, 7) is 3.67. The number of halogens is 1. The van der Waals surface area contributed by atoms with Crippen LogP contribution in [0.1, 0.15) is 33.2 Å². The average molecular weight is 541 g/mol. The zero-order valence-electron chi connectivity index (χ0n) is 16.3. The molecule has 0 aliphatic rings. The number of rotatable bonds is 6. The molecular formula is C20H20IN3O5S. The van der Waals surface area contributed by atoms with E-state index in [1.165, 1.54) is 0 Å². The maximum Gasteiger partial charge on any atom is 0.338 e. The highest BCUT2D eigenvalue weighted by Gasteiger charge is 2.11. The molecule has 8 nitrogen and oxygen atoms in total. The van der Waals surface area contributed by atoms with Gasteiger partial charge in [0.2, 0.25) is 0 Å². The fourth-order valence-corrected chi connectivity index (χ4v) is 2.81. The Morgan fingerprint density at radius 2 is 1.70 bits per heavy atom. The van der Waals surface area contributed by atoms with Crippen molar-refractivity contribution in [3.8, 4) is 5.75 Å². The molecule has 0 spiro atoms. The van der Waals surface area contributed by atoms with Crippen molar-refractivity contribution in [2.45, 2.75) is 13.8 Å². The van der Waals surface area contributed by atoms with E-state index in [1.54, 1.807) is 43.3 Å². The van der Waals surface area contributed by atoms with Gasteiger partial charge in [0.1, 0.15) is 5.75 Å². The lowest BCUT2D eigenvalue weighted by atomic mass is 10.1. The molecule has 2 rings (SSSR count). The van der Waals surface area contributed by atoms with Crippen LogP contribution in [0.5, 0.6) is 5.75 Å². The molecule has 0 saturated carbocycles. The first-order valence-corrected chi connectivity index (χ1v) is 10.3. The first-order valence-electron chi connectivity index (χ1n) is 8.86. The topological polar surface area (TPSA) is 106 Å². The lowest BCUT2D eigenvalue weighted by Gasteiger charge is -2.12. The van der Waals surface area contributed by atoms with Crippen molar-refractivity contribution in [1.29, 1.82) is 0 Å². The van der Waals surface area contributed by atoms with E-state index in [1.807, 2.05) is 13.0 Å². The van der Waals surface area contributed by atoms with E-state index in [2.05, 4.69) is 38.8 Å². The van der Waals surface area contributed by atoms with Gasteiger partial charge < -0.3 is 9.47 Å². The Labute approximate surface area is 192 Å². The second-order valence-corrected chi connectivity index (χ2v) is 7.52. The summed E-state index contributed by atoms with van der Waals surface area (Å²) in [4.78, 5) is 35.6. The van der Waals surface area contributed by atoms with Crippen LogP contribution >= 0.6 is 34.8 Å². The highest BCUT2D eigenvalue weighted by atomic mass is 127. The fourth-order valence-electron chi connectivity index (χ4n) is 2.15. The van der Waals surface area contributed by atoms with E-state index in [0.29, 0.717) is 16.9 Å². The Kier molecular flexibility index (Phi) is 8.99. The van der Waals surface area contributed by atoms with Crippen LogP contribution in [-0.2, 0) is 9.53 Å². The molecule has 0 fully saturated rings. The highest BCUT2D eigenvalue weighted by Crippen LogP contribution is 2.14. The Hall–Kier alpha value is -2.73. The number of carbonyl (C=O) groups excluding carboxylic acids is 3. The van der Waals surface area contributed by atoms with Crippen LogP contribution in [0.4, 0.5) is 0 Å². The summed E-state index contributed by atoms with van der Waals surface area (Å²) in [5.41, 5.74) is 6.68. The minimum Gasteiger partial charge on any atom is -0.484 e. The van der Waals surface area contributed by atoms with Gasteiger partial charge >= 0.3 is 5.97 Å². The van der Waals surface area contributed by atoms with Crippen molar-refractivity contribution in [3.63, 3.8) is 0 Å². The second kappa shape index (κ2) is 11.5. The number of esters is 1. The zero-order valence-corrected chi connectivity index (χ0v) is 19.3. The van der Waals surface area contributed by atoms with Gasteiger partial charge in [0.15, 0.2) is 11.7 Å². The standard InChI is InChI=1S/C20H20IN3O5S/c1-3-28-19(27)13-6-8-15(9-7-13)29-11-17(25)23-24-20(30)22-18(26)14-5-4-12(2)16(21)10-14/h4-10H,3,11H2,1-2H3,(H,23,25)(H2,22,24,26,30). The first-order chi connectivity index (χ1) is 14.3.